The summed E-state index contributed by atoms with van der Waals surface area (Å²) in [4.78, 5) is 3.87. The SMILES string of the molecule is Fc1nc2ccccc2n1C1CC1. The molecule has 0 aliphatic heterocycles. The summed E-state index contributed by atoms with van der Waals surface area (Å²) in [5.41, 5.74) is 1.68. The van der Waals surface area contributed by atoms with Crippen molar-refractivity contribution in [1.82, 2.24) is 9.55 Å². The summed E-state index contributed by atoms with van der Waals surface area (Å²) in [6, 6.07) is 7.92. The molecule has 0 radical (unpaired) electrons. The Kier molecular flexibility index (Phi) is 1.26. The Morgan fingerprint density at radius 2 is 2.08 bits per heavy atom. The first kappa shape index (κ1) is 7.06. The van der Waals surface area contributed by atoms with E-state index in [0.29, 0.717) is 6.04 Å². The largest absolute Gasteiger partial charge is 0.297 e. The van der Waals surface area contributed by atoms with Crippen molar-refractivity contribution < 1.29 is 4.39 Å². The van der Waals surface area contributed by atoms with E-state index in [1.54, 1.807) is 4.57 Å². The van der Waals surface area contributed by atoms with Crippen LogP contribution >= 0.6 is 0 Å². The van der Waals surface area contributed by atoms with Crippen molar-refractivity contribution in [2.45, 2.75) is 18.9 Å². The molecule has 1 aliphatic carbocycles. The van der Waals surface area contributed by atoms with E-state index in [-0.39, 0.29) is 6.08 Å². The van der Waals surface area contributed by atoms with Gasteiger partial charge >= 0.3 is 0 Å². The molecule has 1 saturated carbocycles. The molecule has 0 bridgehead atoms. The zero-order valence-electron chi connectivity index (χ0n) is 7.07. The standard InChI is InChI=1S/C10H9FN2/c11-10-12-8-3-1-2-4-9(8)13(10)7-5-6-7/h1-4,7H,5-6H2. The molecule has 0 N–H and O–H groups in total. The van der Waals surface area contributed by atoms with Gasteiger partial charge in [0.25, 0.3) is 6.08 Å². The summed E-state index contributed by atoms with van der Waals surface area (Å²) in [5, 5.41) is 0. The number of fused-ring (bicyclic) bond motifs is 1. The Hall–Kier alpha value is -1.38. The fourth-order valence-electron chi connectivity index (χ4n) is 1.70. The molecule has 1 aromatic carbocycles. The van der Waals surface area contributed by atoms with E-state index in [2.05, 4.69) is 4.98 Å². The molecule has 1 aromatic heterocycles. The molecule has 2 nitrogen and oxygen atoms in total. The highest BCUT2D eigenvalue weighted by molar-refractivity contribution is 5.75. The van der Waals surface area contributed by atoms with Gasteiger partial charge in [-0.2, -0.15) is 4.39 Å². The fourth-order valence-corrected chi connectivity index (χ4v) is 1.70. The Morgan fingerprint density at radius 1 is 1.31 bits per heavy atom. The quantitative estimate of drug-likeness (QED) is 0.652. The summed E-state index contributed by atoms with van der Waals surface area (Å²) in [6.45, 7) is 0. The first-order chi connectivity index (χ1) is 6.36. The molecule has 3 heteroatoms. The lowest BCUT2D eigenvalue weighted by Gasteiger charge is -1.99. The molecule has 0 spiro atoms. The van der Waals surface area contributed by atoms with Crippen LogP contribution in [0.15, 0.2) is 24.3 Å². The van der Waals surface area contributed by atoms with Gasteiger partial charge in [0.15, 0.2) is 0 Å². The van der Waals surface area contributed by atoms with Gasteiger partial charge in [-0.3, -0.25) is 4.57 Å². The van der Waals surface area contributed by atoms with Crippen LogP contribution in [0.1, 0.15) is 18.9 Å². The lowest BCUT2D eigenvalue weighted by Crippen LogP contribution is -1.96. The third-order valence-electron chi connectivity index (χ3n) is 2.46. The maximum Gasteiger partial charge on any atom is 0.290 e. The van der Waals surface area contributed by atoms with Crippen LogP contribution in [0.5, 0.6) is 0 Å². The number of imidazole rings is 1. The number of nitrogens with zero attached hydrogens (tertiary/aromatic N) is 2. The third kappa shape index (κ3) is 0.963. The predicted molar refractivity (Wildman–Crippen MR) is 48.0 cm³/mol. The number of halogens is 1. The van der Waals surface area contributed by atoms with Gasteiger partial charge in [-0.05, 0) is 25.0 Å². The summed E-state index contributed by atoms with van der Waals surface area (Å²) in [6.07, 6.45) is 1.82. The molecule has 0 amide bonds. The van der Waals surface area contributed by atoms with Gasteiger partial charge in [-0.15, -0.1) is 0 Å². The van der Waals surface area contributed by atoms with Crippen LogP contribution in [0.4, 0.5) is 4.39 Å². The maximum absolute atomic E-state index is 13.3. The molecule has 1 heterocycles. The van der Waals surface area contributed by atoms with Crippen molar-refractivity contribution in [3.8, 4) is 0 Å². The molecule has 1 aliphatic rings. The van der Waals surface area contributed by atoms with E-state index in [0.717, 1.165) is 23.9 Å². The van der Waals surface area contributed by atoms with Gasteiger partial charge < -0.3 is 0 Å². The van der Waals surface area contributed by atoms with E-state index in [9.17, 15) is 4.39 Å². The molecule has 1 fully saturated rings. The van der Waals surface area contributed by atoms with Gasteiger partial charge in [-0.1, -0.05) is 12.1 Å². The minimum absolute atomic E-state index is 0.344. The van der Waals surface area contributed by atoms with Crippen LogP contribution in [0.2, 0.25) is 0 Å². The number of rotatable bonds is 1. The van der Waals surface area contributed by atoms with Crippen molar-refractivity contribution in [1.29, 1.82) is 0 Å². The van der Waals surface area contributed by atoms with Gasteiger partial charge in [-0.25, -0.2) is 4.98 Å². The van der Waals surface area contributed by atoms with Gasteiger partial charge in [0.1, 0.15) is 0 Å². The lowest BCUT2D eigenvalue weighted by atomic mass is 10.3. The topological polar surface area (TPSA) is 17.8 Å². The number of para-hydroxylation sites is 2. The van der Waals surface area contributed by atoms with Crippen LogP contribution in [0.25, 0.3) is 11.0 Å². The molecule has 0 unspecified atom stereocenters. The van der Waals surface area contributed by atoms with E-state index < -0.39 is 0 Å². The number of hydrogen-bond donors (Lipinski definition) is 0. The zero-order valence-corrected chi connectivity index (χ0v) is 7.07. The number of hydrogen-bond acceptors (Lipinski definition) is 1. The average molecular weight is 176 g/mol. The molecule has 0 saturated heterocycles. The van der Waals surface area contributed by atoms with Gasteiger partial charge in [0, 0.05) is 6.04 Å². The second kappa shape index (κ2) is 2.31. The maximum atomic E-state index is 13.3. The van der Waals surface area contributed by atoms with E-state index in [1.165, 1.54) is 0 Å². The molecule has 3 rings (SSSR count). The highest BCUT2D eigenvalue weighted by Gasteiger charge is 2.28. The monoisotopic (exact) mass is 176 g/mol. The lowest BCUT2D eigenvalue weighted by molar-refractivity contribution is 0.480. The highest BCUT2D eigenvalue weighted by atomic mass is 19.1. The van der Waals surface area contributed by atoms with Gasteiger partial charge in [0.2, 0.25) is 0 Å². The molecule has 0 atom stereocenters. The first-order valence-corrected chi connectivity index (χ1v) is 4.49. The third-order valence-corrected chi connectivity index (χ3v) is 2.46. The smallest absolute Gasteiger partial charge is 0.290 e. The second-order valence-corrected chi connectivity index (χ2v) is 3.47. The molecule has 66 valence electrons. The average Bonchev–Trinajstić information content (AvgIpc) is 2.88. The van der Waals surface area contributed by atoms with Crippen molar-refractivity contribution in [2.24, 2.45) is 0 Å². The Balaban J connectivity index is 2.35. The molecular weight excluding hydrogens is 167 g/mol. The van der Waals surface area contributed by atoms with Crippen molar-refractivity contribution >= 4 is 11.0 Å². The normalized spacial score (nSPS) is 16.7. The Morgan fingerprint density at radius 3 is 2.85 bits per heavy atom. The highest BCUT2D eigenvalue weighted by Crippen LogP contribution is 2.37. The molecule has 2 aromatic rings. The van der Waals surface area contributed by atoms with E-state index >= 15 is 0 Å². The van der Waals surface area contributed by atoms with Crippen LogP contribution in [-0.2, 0) is 0 Å². The van der Waals surface area contributed by atoms with Crippen LogP contribution in [0.3, 0.4) is 0 Å². The second-order valence-electron chi connectivity index (χ2n) is 3.47. The summed E-state index contributed by atoms with van der Waals surface area (Å²) in [7, 11) is 0. The predicted octanol–water partition coefficient (Wildman–Crippen LogP) is 2.51. The van der Waals surface area contributed by atoms with E-state index in [1.807, 2.05) is 24.3 Å². The van der Waals surface area contributed by atoms with E-state index in [4.69, 9.17) is 0 Å². The Bertz CT molecular complexity index is 457. The summed E-state index contributed by atoms with van der Waals surface area (Å²) in [5.74, 6) is 0. The van der Waals surface area contributed by atoms with Crippen LogP contribution in [0, 0.1) is 6.08 Å². The fraction of sp³-hybridized carbons (Fsp3) is 0.300. The first-order valence-electron chi connectivity index (χ1n) is 4.49. The number of aromatic nitrogens is 2. The molecule has 13 heavy (non-hydrogen) atoms. The van der Waals surface area contributed by atoms with Gasteiger partial charge in [0.05, 0.1) is 11.0 Å². The minimum Gasteiger partial charge on any atom is -0.297 e. The van der Waals surface area contributed by atoms with Crippen molar-refractivity contribution in [3.05, 3.63) is 30.3 Å². The zero-order chi connectivity index (χ0) is 8.84. The minimum atomic E-state index is -0.344. The number of benzene rings is 1. The van der Waals surface area contributed by atoms with Crippen LogP contribution < -0.4 is 0 Å². The van der Waals surface area contributed by atoms with Crippen molar-refractivity contribution in [2.75, 3.05) is 0 Å². The summed E-state index contributed by atoms with van der Waals surface area (Å²) >= 11 is 0. The summed E-state index contributed by atoms with van der Waals surface area (Å²) < 4.78 is 15.1. The van der Waals surface area contributed by atoms with Crippen molar-refractivity contribution in [3.63, 3.8) is 0 Å². The Labute approximate surface area is 75.0 Å². The van der Waals surface area contributed by atoms with Crippen LogP contribution in [-0.4, -0.2) is 9.55 Å². The molecular formula is C10H9FN2.